The van der Waals surface area contributed by atoms with Crippen molar-refractivity contribution in [1.82, 2.24) is 14.9 Å². The summed E-state index contributed by atoms with van der Waals surface area (Å²) in [6.45, 7) is 0.682. The number of carbonyl (C=O) groups excluding carboxylic acids is 1. The fraction of sp³-hybridized carbons (Fsp3) is 0.353. The summed E-state index contributed by atoms with van der Waals surface area (Å²) in [5.41, 5.74) is 1.21. The second-order valence-corrected chi connectivity index (χ2v) is 5.52. The maximum Gasteiger partial charge on any atom is 0.276 e. The number of rotatable bonds is 2. The minimum Gasteiger partial charge on any atom is -0.505 e. The summed E-state index contributed by atoms with van der Waals surface area (Å²) < 4.78 is 0. The van der Waals surface area contributed by atoms with Crippen molar-refractivity contribution < 1.29 is 9.90 Å². The summed E-state index contributed by atoms with van der Waals surface area (Å²) in [5, 5.41) is 9.92. The van der Waals surface area contributed by atoms with Crippen LogP contribution in [0.5, 0.6) is 5.75 Å². The van der Waals surface area contributed by atoms with Crippen molar-refractivity contribution in [2.75, 3.05) is 6.54 Å². The van der Waals surface area contributed by atoms with Crippen LogP contribution < -0.4 is 0 Å². The number of likely N-dealkylation sites (tertiary alicyclic amines) is 1. The van der Waals surface area contributed by atoms with Gasteiger partial charge in [0.2, 0.25) is 0 Å². The van der Waals surface area contributed by atoms with E-state index in [0.717, 1.165) is 31.2 Å². The molecule has 0 spiro atoms. The SMILES string of the molecule is O=C(c1ncccc1O)N1CCCCC[C@@H]1c1ccncc1. The van der Waals surface area contributed by atoms with E-state index < -0.39 is 0 Å². The lowest BCUT2D eigenvalue weighted by molar-refractivity contribution is 0.0671. The Balaban J connectivity index is 1.94. The molecule has 22 heavy (non-hydrogen) atoms. The van der Waals surface area contributed by atoms with Crippen LogP contribution in [0.25, 0.3) is 0 Å². The van der Waals surface area contributed by atoms with Crippen LogP contribution in [0, 0.1) is 0 Å². The molecule has 2 aromatic rings. The predicted octanol–water partition coefficient (Wildman–Crippen LogP) is 2.94. The van der Waals surface area contributed by atoms with Gasteiger partial charge < -0.3 is 10.0 Å². The molecule has 1 atom stereocenters. The molecule has 5 nitrogen and oxygen atoms in total. The van der Waals surface area contributed by atoms with Crippen LogP contribution >= 0.6 is 0 Å². The van der Waals surface area contributed by atoms with Crippen molar-refractivity contribution in [1.29, 1.82) is 0 Å². The second kappa shape index (κ2) is 6.56. The first-order valence-corrected chi connectivity index (χ1v) is 7.62. The molecular formula is C17H19N3O2. The van der Waals surface area contributed by atoms with E-state index in [-0.39, 0.29) is 23.4 Å². The summed E-state index contributed by atoms with van der Waals surface area (Å²) in [4.78, 5) is 22.8. The molecule has 1 fully saturated rings. The molecule has 3 rings (SSSR count). The van der Waals surface area contributed by atoms with Gasteiger partial charge in [0.05, 0.1) is 6.04 Å². The van der Waals surface area contributed by atoms with Crippen molar-refractivity contribution >= 4 is 5.91 Å². The maximum absolute atomic E-state index is 12.8. The van der Waals surface area contributed by atoms with E-state index in [2.05, 4.69) is 9.97 Å². The standard InChI is InChI=1S/C17H19N3O2/c21-15-6-4-9-19-16(15)17(22)20-12-3-1-2-5-14(20)13-7-10-18-11-8-13/h4,6-11,14,21H,1-3,5,12H2/t14-/m1/s1. The largest absolute Gasteiger partial charge is 0.505 e. The third kappa shape index (κ3) is 2.93. The summed E-state index contributed by atoms with van der Waals surface area (Å²) in [7, 11) is 0. The average Bonchev–Trinajstić information content (AvgIpc) is 2.81. The molecule has 3 heterocycles. The predicted molar refractivity (Wildman–Crippen MR) is 82.4 cm³/mol. The number of hydrogen-bond donors (Lipinski definition) is 1. The number of hydrogen-bond acceptors (Lipinski definition) is 4. The Hall–Kier alpha value is -2.43. The van der Waals surface area contributed by atoms with Crippen molar-refractivity contribution in [3.8, 4) is 5.75 Å². The molecule has 0 bridgehead atoms. The first-order valence-electron chi connectivity index (χ1n) is 7.62. The van der Waals surface area contributed by atoms with Crippen LogP contribution in [0.3, 0.4) is 0 Å². The van der Waals surface area contributed by atoms with Crippen molar-refractivity contribution in [2.24, 2.45) is 0 Å². The molecule has 1 saturated heterocycles. The van der Waals surface area contributed by atoms with E-state index >= 15 is 0 Å². The van der Waals surface area contributed by atoms with Gasteiger partial charge in [-0.15, -0.1) is 0 Å². The molecule has 1 aliphatic rings. The van der Waals surface area contributed by atoms with Gasteiger partial charge in [-0.3, -0.25) is 9.78 Å². The van der Waals surface area contributed by atoms with Crippen molar-refractivity contribution in [2.45, 2.75) is 31.7 Å². The number of nitrogens with zero attached hydrogens (tertiary/aromatic N) is 3. The van der Waals surface area contributed by atoms with Gasteiger partial charge in [0.25, 0.3) is 5.91 Å². The van der Waals surface area contributed by atoms with E-state index in [4.69, 9.17) is 0 Å². The number of aromatic nitrogens is 2. The molecule has 0 saturated carbocycles. The molecule has 0 radical (unpaired) electrons. The molecule has 1 amide bonds. The Kier molecular flexibility index (Phi) is 4.32. The molecule has 0 unspecified atom stereocenters. The Morgan fingerprint density at radius 3 is 2.73 bits per heavy atom. The molecule has 5 heteroatoms. The molecule has 1 N–H and O–H groups in total. The summed E-state index contributed by atoms with van der Waals surface area (Å²) in [5.74, 6) is -0.271. The number of aromatic hydroxyl groups is 1. The highest BCUT2D eigenvalue weighted by molar-refractivity contribution is 5.95. The molecule has 0 aromatic carbocycles. The Morgan fingerprint density at radius 1 is 1.14 bits per heavy atom. The van der Waals surface area contributed by atoms with Crippen LogP contribution in [0.1, 0.15) is 47.8 Å². The summed E-state index contributed by atoms with van der Waals surface area (Å²) >= 11 is 0. The second-order valence-electron chi connectivity index (χ2n) is 5.52. The smallest absolute Gasteiger partial charge is 0.276 e. The van der Waals surface area contributed by atoms with E-state index in [0.29, 0.717) is 6.54 Å². The normalized spacial score (nSPS) is 18.7. The van der Waals surface area contributed by atoms with E-state index in [9.17, 15) is 9.90 Å². The van der Waals surface area contributed by atoms with Crippen LogP contribution in [0.4, 0.5) is 0 Å². The number of amides is 1. The minimum atomic E-state index is -0.207. The maximum atomic E-state index is 12.8. The zero-order chi connectivity index (χ0) is 15.4. The summed E-state index contributed by atoms with van der Waals surface area (Å²) in [6.07, 6.45) is 9.13. The minimum absolute atomic E-state index is 0.0133. The third-order valence-corrected chi connectivity index (χ3v) is 4.09. The van der Waals surface area contributed by atoms with Crippen molar-refractivity contribution in [3.63, 3.8) is 0 Å². The lowest BCUT2D eigenvalue weighted by Crippen LogP contribution is -2.35. The van der Waals surface area contributed by atoms with Crippen LogP contribution in [0.2, 0.25) is 0 Å². The monoisotopic (exact) mass is 297 g/mol. The van der Waals surface area contributed by atoms with Gasteiger partial charge in [0, 0.05) is 25.1 Å². The molecule has 2 aromatic heterocycles. The fourth-order valence-electron chi connectivity index (χ4n) is 2.98. The first kappa shape index (κ1) is 14.5. The van der Waals surface area contributed by atoms with E-state index in [1.807, 2.05) is 17.0 Å². The van der Waals surface area contributed by atoms with Gasteiger partial charge >= 0.3 is 0 Å². The molecule has 1 aliphatic heterocycles. The van der Waals surface area contributed by atoms with Crippen LogP contribution in [0.15, 0.2) is 42.9 Å². The topological polar surface area (TPSA) is 66.3 Å². The molecule has 0 aliphatic carbocycles. The zero-order valence-electron chi connectivity index (χ0n) is 12.4. The van der Waals surface area contributed by atoms with Gasteiger partial charge in [-0.05, 0) is 42.7 Å². The fourth-order valence-corrected chi connectivity index (χ4v) is 2.98. The van der Waals surface area contributed by atoms with E-state index in [1.165, 1.54) is 12.3 Å². The van der Waals surface area contributed by atoms with Gasteiger partial charge in [-0.2, -0.15) is 0 Å². The average molecular weight is 297 g/mol. The lowest BCUT2D eigenvalue weighted by atomic mass is 10.0. The molecular weight excluding hydrogens is 278 g/mol. The quantitative estimate of drug-likeness (QED) is 0.925. The highest BCUT2D eigenvalue weighted by atomic mass is 16.3. The van der Waals surface area contributed by atoms with E-state index in [1.54, 1.807) is 18.5 Å². The lowest BCUT2D eigenvalue weighted by Gasteiger charge is -2.30. The van der Waals surface area contributed by atoms with Crippen LogP contribution in [-0.4, -0.2) is 32.4 Å². The Bertz CT molecular complexity index is 645. The summed E-state index contributed by atoms with van der Waals surface area (Å²) in [6, 6.07) is 7.04. The Labute approximate surface area is 129 Å². The molecule has 114 valence electrons. The van der Waals surface area contributed by atoms with Crippen LogP contribution in [-0.2, 0) is 0 Å². The van der Waals surface area contributed by atoms with Gasteiger partial charge in [0.1, 0.15) is 5.75 Å². The zero-order valence-corrected chi connectivity index (χ0v) is 12.4. The van der Waals surface area contributed by atoms with Gasteiger partial charge in [0.15, 0.2) is 5.69 Å². The Morgan fingerprint density at radius 2 is 1.95 bits per heavy atom. The van der Waals surface area contributed by atoms with Gasteiger partial charge in [-0.25, -0.2) is 4.98 Å². The van der Waals surface area contributed by atoms with Gasteiger partial charge in [-0.1, -0.05) is 12.8 Å². The number of carbonyl (C=O) groups is 1. The van der Waals surface area contributed by atoms with Crippen molar-refractivity contribution in [3.05, 3.63) is 54.1 Å². The number of pyridine rings is 2. The third-order valence-electron chi connectivity index (χ3n) is 4.09. The first-order chi connectivity index (χ1) is 10.8. The highest BCUT2D eigenvalue weighted by Crippen LogP contribution is 2.31. The highest BCUT2D eigenvalue weighted by Gasteiger charge is 2.29.